The van der Waals surface area contributed by atoms with Gasteiger partial charge in [0.2, 0.25) is 5.91 Å². The van der Waals surface area contributed by atoms with E-state index in [4.69, 9.17) is 38.4 Å². The number of anilines is 2. The molecule has 0 saturated heterocycles. The standard InChI is InChI=1S/C23H24ClF3N12O2.CH2O2/c24-14-7-11(1-2-12(14)20(40)32-3-4-33-21(41)15(28)9-35-22(29)30)37-18-19-34-10-16(39(19)6-5-31-18)13-8-36-38-17(13)23(25,26)27;2-1-3/h1-2,5-8,10,15H,3-4,9,28H2,(H,31,37)(H,32,40)(H,33,41)(H,36,38)(H4,29,30,35);1H,(H,2,3)/t15-;/m0./s1. The van der Waals surface area contributed by atoms with Crippen molar-refractivity contribution in [2.24, 2.45) is 11.5 Å². The Morgan fingerprint density at radius 1 is 1.20 bits per heavy atom. The summed E-state index contributed by atoms with van der Waals surface area (Å²) < 4.78 is 41.5. The minimum Gasteiger partial charge on any atom is -0.483 e. The number of fused-ring (bicyclic) bond motifs is 1. The predicted octanol–water partition coefficient (Wildman–Crippen LogP) is 0.892. The molecule has 0 radical (unpaired) electrons. The fourth-order valence-corrected chi connectivity index (χ4v) is 3.99. The summed E-state index contributed by atoms with van der Waals surface area (Å²) in [5.74, 6) is -1.05. The van der Waals surface area contributed by atoms with E-state index in [1.165, 1.54) is 35.1 Å². The Bertz CT molecular complexity index is 1640. The molecule has 3 heterocycles. The fourth-order valence-electron chi connectivity index (χ4n) is 3.72. The van der Waals surface area contributed by atoms with Crippen LogP contribution in [0.5, 0.6) is 0 Å². The molecule has 0 aliphatic carbocycles. The van der Waals surface area contributed by atoms with Crippen molar-refractivity contribution in [1.29, 1.82) is 5.41 Å². The lowest BCUT2D eigenvalue weighted by atomic mass is 10.2. The van der Waals surface area contributed by atoms with E-state index in [1.54, 1.807) is 6.07 Å². The van der Waals surface area contributed by atoms with Crippen LogP contribution in [0.25, 0.3) is 16.9 Å². The Kier molecular flexibility index (Phi) is 11.0. The molecule has 0 spiro atoms. The molecule has 0 aliphatic rings. The lowest BCUT2D eigenvalue weighted by Crippen LogP contribution is -2.50. The van der Waals surface area contributed by atoms with Gasteiger partial charge in [-0.15, -0.1) is 0 Å². The molecule has 0 saturated carbocycles. The Morgan fingerprint density at radius 2 is 1.91 bits per heavy atom. The number of guanidine groups is 1. The van der Waals surface area contributed by atoms with Gasteiger partial charge in [0.05, 0.1) is 28.0 Å². The number of halogens is 4. The molecule has 0 unspecified atom stereocenters. The SMILES string of the molecule is N=C(N)NC[C@H](N)C(=O)NCCNC(=O)c1ccc(Nc2nccn3c(-c4c[nH]nc4C(F)(F)F)cnc23)cc1Cl.O=CO. The van der Waals surface area contributed by atoms with Gasteiger partial charge in [0.25, 0.3) is 12.4 Å². The van der Waals surface area contributed by atoms with Crippen LogP contribution in [0.15, 0.2) is 43.0 Å². The zero-order chi connectivity index (χ0) is 32.4. The number of nitrogens with zero attached hydrogens (tertiary/aromatic N) is 4. The van der Waals surface area contributed by atoms with E-state index < -0.39 is 29.7 Å². The van der Waals surface area contributed by atoms with Gasteiger partial charge in [0, 0.05) is 43.9 Å². The van der Waals surface area contributed by atoms with Crippen molar-refractivity contribution in [3.05, 3.63) is 59.3 Å². The van der Waals surface area contributed by atoms with Gasteiger partial charge in [-0.1, -0.05) is 11.6 Å². The predicted molar refractivity (Wildman–Crippen MR) is 152 cm³/mol. The van der Waals surface area contributed by atoms with E-state index in [-0.39, 0.29) is 65.4 Å². The van der Waals surface area contributed by atoms with E-state index >= 15 is 0 Å². The number of alkyl halides is 3. The summed E-state index contributed by atoms with van der Waals surface area (Å²) in [6, 6.07) is 3.59. The summed E-state index contributed by atoms with van der Waals surface area (Å²) in [6.45, 7) is -0.0753. The summed E-state index contributed by atoms with van der Waals surface area (Å²) in [5.41, 5.74) is 10.6. The molecule has 1 atom stereocenters. The molecule has 4 rings (SSSR count). The highest BCUT2D eigenvalue weighted by atomic mass is 35.5. The molecular weight excluding hydrogens is 613 g/mol. The molecule has 0 aliphatic heterocycles. The quantitative estimate of drug-likeness (QED) is 0.0510. The number of aromatic nitrogens is 5. The number of rotatable bonds is 10. The topological polar surface area (TPSA) is 254 Å². The number of imidazole rings is 1. The summed E-state index contributed by atoms with van der Waals surface area (Å²) in [5, 5.41) is 30.3. The van der Waals surface area contributed by atoms with Crippen molar-refractivity contribution in [3.63, 3.8) is 0 Å². The van der Waals surface area contributed by atoms with Crippen molar-refractivity contribution in [2.75, 3.05) is 25.0 Å². The third-order valence-corrected chi connectivity index (χ3v) is 5.96. The van der Waals surface area contributed by atoms with Crippen LogP contribution in [0.1, 0.15) is 16.1 Å². The Morgan fingerprint density at radius 3 is 2.57 bits per heavy atom. The minimum atomic E-state index is -4.66. The molecule has 16 nitrogen and oxygen atoms in total. The second-order valence-corrected chi connectivity index (χ2v) is 9.04. The Labute approximate surface area is 250 Å². The molecule has 1 aromatic carbocycles. The van der Waals surface area contributed by atoms with Crippen molar-refractivity contribution < 1.29 is 32.7 Å². The van der Waals surface area contributed by atoms with Crippen LogP contribution in [-0.2, 0) is 15.8 Å². The molecule has 2 amide bonds. The first-order chi connectivity index (χ1) is 20.9. The van der Waals surface area contributed by atoms with Gasteiger partial charge in [-0.2, -0.15) is 18.3 Å². The van der Waals surface area contributed by atoms with Gasteiger partial charge in [-0.05, 0) is 18.2 Å². The van der Waals surface area contributed by atoms with Crippen LogP contribution in [0.2, 0.25) is 5.02 Å². The maximum absolute atomic E-state index is 13.4. The van der Waals surface area contributed by atoms with E-state index in [1.807, 2.05) is 0 Å². The lowest BCUT2D eigenvalue weighted by Gasteiger charge is -2.13. The van der Waals surface area contributed by atoms with Crippen LogP contribution in [0.3, 0.4) is 0 Å². The lowest BCUT2D eigenvalue weighted by molar-refractivity contribution is -0.140. The van der Waals surface area contributed by atoms with Crippen molar-refractivity contribution in [1.82, 2.24) is 40.5 Å². The zero-order valence-corrected chi connectivity index (χ0v) is 23.2. The van der Waals surface area contributed by atoms with Gasteiger partial charge in [-0.25, -0.2) is 9.97 Å². The second-order valence-electron chi connectivity index (χ2n) is 8.63. The molecule has 20 heteroatoms. The molecule has 4 aromatic rings. The van der Waals surface area contributed by atoms with Crippen LogP contribution in [-0.4, -0.2) is 79.6 Å². The smallest absolute Gasteiger partial charge is 0.435 e. The molecular formula is C24H26ClF3N12O4. The second kappa shape index (κ2) is 14.6. The van der Waals surface area contributed by atoms with Crippen molar-refractivity contribution >= 4 is 53.0 Å². The number of carbonyl (C=O) groups excluding carboxylic acids is 2. The number of benzene rings is 1. The summed E-state index contributed by atoms with van der Waals surface area (Å²) in [7, 11) is 0. The van der Waals surface area contributed by atoms with Crippen LogP contribution >= 0.6 is 11.6 Å². The van der Waals surface area contributed by atoms with Gasteiger partial charge in [-0.3, -0.25) is 29.3 Å². The normalized spacial score (nSPS) is 11.6. The minimum absolute atomic E-state index is 0.0152. The number of amides is 2. The summed E-state index contributed by atoms with van der Waals surface area (Å²) in [4.78, 5) is 41.3. The van der Waals surface area contributed by atoms with Gasteiger partial charge < -0.3 is 37.8 Å². The number of hydrogen-bond donors (Lipinski definition) is 9. The molecule has 11 N–H and O–H groups in total. The van der Waals surface area contributed by atoms with Gasteiger partial charge in [0.1, 0.15) is 6.04 Å². The van der Waals surface area contributed by atoms with E-state index in [2.05, 4.69) is 41.4 Å². The highest BCUT2D eigenvalue weighted by Gasteiger charge is 2.37. The maximum Gasteiger partial charge on any atom is 0.435 e. The fraction of sp³-hybridized carbons (Fsp3) is 0.208. The van der Waals surface area contributed by atoms with Crippen molar-refractivity contribution in [2.45, 2.75) is 12.2 Å². The number of nitrogens with one attached hydrogen (secondary N) is 6. The third-order valence-electron chi connectivity index (χ3n) is 5.65. The van der Waals surface area contributed by atoms with Crippen molar-refractivity contribution in [3.8, 4) is 11.3 Å². The Balaban J connectivity index is 0.00000169. The number of hydrogen-bond acceptors (Lipinski definition) is 9. The number of carbonyl (C=O) groups is 3. The van der Waals surface area contributed by atoms with E-state index in [0.717, 1.165) is 6.20 Å². The summed E-state index contributed by atoms with van der Waals surface area (Å²) in [6.07, 6.45) is 0.620. The summed E-state index contributed by atoms with van der Waals surface area (Å²) >= 11 is 6.33. The first-order valence-electron chi connectivity index (χ1n) is 12.3. The van der Waals surface area contributed by atoms with Gasteiger partial charge in [0.15, 0.2) is 23.1 Å². The van der Waals surface area contributed by atoms with Crippen LogP contribution in [0.4, 0.5) is 24.7 Å². The number of H-pyrrole nitrogens is 1. The monoisotopic (exact) mass is 638 g/mol. The maximum atomic E-state index is 13.4. The number of aromatic amines is 1. The first-order valence-corrected chi connectivity index (χ1v) is 12.7. The largest absolute Gasteiger partial charge is 0.483 e. The van der Waals surface area contributed by atoms with Crippen LogP contribution in [0, 0.1) is 5.41 Å². The Hall–Kier alpha value is -5.43. The first kappa shape index (κ1) is 33.1. The zero-order valence-electron chi connectivity index (χ0n) is 22.4. The molecule has 0 fully saturated rings. The van der Waals surface area contributed by atoms with E-state index in [9.17, 15) is 22.8 Å². The average Bonchev–Trinajstić information content (AvgIpc) is 3.62. The number of nitrogens with two attached hydrogens (primary N) is 2. The molecule has 234 valence electrons. The molecule has 44 heavy (non-hydrogen) atoms. The van der Waals surface area contributed by atoms with Gasteiger partial charge >= 0.3 is 6.18 Å². The highest BCUT2D eigenvalue weighted by molar-refractivity contribution is 6.34. The third kappa shape index (κ3) is 8.32. The molecule has 0 bridgehead atoms. The molecule has 3 aromatic heterocycles. The van der Waals surface area contributed by atoms with Crippen LogP contribution < -0.4 is 32.7 Å². The van der Waals surface area contributed by atoms with E-state index in [0.29, 0.717) is 5.69 Å². The highest BCUT2D eigenvalue weighted by Crippen LogP contribution is 2.36. The number of carboxylic acid groups (broad SMARTS) is 1. The average molecular weight is 639 g/mol.